The molecule has 2 aromatic carbocycles. The number of carbonyl (C=O) groups is 1. The number of benzene rings is 2. The Morgan fingerprint density at radius 3 is 2.63 bits per heavy atom. The molecule has 5 heteroatoms. The highest BCUT2D eigenvalue weighted by molar-refractivity contribution is 6.02. The van der Waals surface area contributed by atoms with E-state index >= 15 is 0 Å². The molecule has 1 amide bonds. The molecule has 2 aromatic rings. The van der Waals surface area contributed by atoms with Gasteiger partial charge in [-0.3, -0.25) is 4.79 Å². The zero-order valence-electron chi connectivity index (χ0n) is 9.77. The Labute approximate surface area is 108 Å². The summed E-state index contributed by atoms with van der Waals surface area (Å²) >= 11 is 0. The van der Waals surface area contributed by atoms with E-state index in [0.29, 0.717) is 16.7 Å². The van der Waals surface area contributed by atoms with Crippen molar-refractivity contribution < 1.29 is 19.4 Å². The second-order valence-electron chi connectivity index (χ2n) is 4.37. The highest BCUT2D eigenvalue weighted by Gasteiger charge is 2.21. The predicted octanol–water partition coefficient (Wildman–Crippen LogP) is 2.15. The van der Waals surface area contributed by atoms with Crippen molar-refractivity contribution in [2.75, 3.05) is 0 Å². The highest BCUT2D eigenvalue weighted by Crippen LogP contribution is 2.34. The Morgan fingerprint density at radius 2 is 1.84 bits per heavy atom. The molecule has 4 nitrogen and oxygen atoms in total. The Kier molecular flexibility index (Phi) is 2.41. The molecule has 0 radical (unpaired) electrons. The number of halogens is 1. The maximum absolute atomic E-state index is 13.5. The van der Waals surface area contributed by atoms with Gasteiger partial charge in [0.1, 0.15) is 5.75 Å². The topological polar surface area (TPSA) is 69.6 Å². The minimum absolute atomic E-state index is 0.0309. The number of phenolic OH excluding ortho intramolecular Hbond substituents is 2. The average Bonchev–Trinajstić information content (AvgIpc) is 2.50. The second-order valence-corrected chi connectivity index (χ2v) is 4.37. The smallest absolute Gasteiger partial charge is 0.252 e. The third-order valence-electron chi connectivity index (χ3n) is 3.15. The third-order valence-corrected chi connectivity index (χ3v) is 3.15. The van der Waals surface area contributed by atoms with Crippen molar-refractivity contribution in [3.63, 3.8) is 0 Å². The van der Waals surface area contributed by atoms with Crippen molar-refractivity contribution in [3.05, 3.63) is 47.3 Å². The fourth-order valence-electron chi connectivity index (χ4n) is 2.23. The van der Waals surface area contributed by atoms with Gasteiger partial charge >= 0.3 is 0 Å². The molecule has 0 aliphatic carbocycles. The standard InChI is InChI=1S/C14H10FNO3/c15-12-5-10-7(3-13(12)18)6-16-14(19)11-4-8(17)1-2-9(10)11/h1-5,17-18H,6H2,(H,16,19). The van der Waals surface area contributed by atoms with Crippen molar-refractivity contribution in [1.29, 1.82) is 0 Å². The normalized spacial score (nSPS) is 13.2. The van der Waals surface area contributed by atoms with Gasteiger partial charge in [0.05, 0.1) is 5.56 Å². The lowest BCUT2D eigenvalue weighted by Crippen LogP contribution is -2.21. The van der Waals surface area contributed by atoms with Crippen LogP contribution >= 0.6 is 0 Å². The molecular weight excluding hydrogens is 249 g/mol. The first-order valence-electron chi connectivity index (χ1n) is 5.69. The zero-order valence-corrected chi connectivity index (χ0v) is 9.77. The summed E-state index contributed by atoms with van der Waals surface area (Å²) in [7, 11) is 0. The molecule has 96 valence electrons. The number of rotatable bonds is 0. The van der Waals surface area contributed by atoms with Gasteiger partial charge in [-0.05, 0) is 47.0 Å². The highest BCUT2D eigenvalue weighted by atomic mass is 19.1. The van der Waals surface area contributed by atoms with Crippen LogP contribution in [0.15, 0.2) is 30.3 Å². The quantitative estimate of drug-likeness (QED) is 0.679. The number of carbonyl (C=O) groups excluding carboxylic acids is 1. The molecule has 0 aromatic heterocycles. The summed E-state index contributed by atoms with van der Waals surface area (Å²) in [5, 5.41) is 21.5. The van der Waals surface area contributed by atoms with Crippen molar-refractivity contribution in [3.8, 4) is 22.6 Å². The lowest BCUT2D eigenvalue weighted by molar-refractivity contribution is 0.0952. The molecule has 19 heavy (non-hydrogen) atoms. The number of phenols is 2. The number of hydrogen-bond acceptors (Lipinski definition) is 3. The first-order valence-corrected chi connectivity index (χ1v) is 5.69. The molecule has 3 N–H and O–H groups in total. The maximum Gasteiger partial charge on any atom is 0.252 e. The third kappa shape index (κ3) is 1.79. The van der Waals surface area contributed by atoms with Gasteiger partial charge < -0.3 is 15.5 Å². The van der Waals surface area contributed by atoms with Gasteiger partial charge in [-0.15, -0.1) is 0 Å². The van der Waals surface area contributed by atoms with E-state index in [1.165, 1.54) is 24.3 Å². The fourth-order valence-corrected chi connectivity index (χ4v) is 2.23. The van der Waals surface area contributed by atoms with E-state index in [1.54, 1.807) is 6.07 Å². The van der Waals surface area contributed by atoms with E-state index in [-0.39, 0.29) is 23.8 Å². The fraction of sp³-hybridized carbons (Fsp3) is 0.0714. The summed E-state index contributed by atoms with van der Waals surface area (Å²) in [4.78, 5) is 11.9. The van der Waals surface area contributed by atoms with Crippen LogP contribution in [-0.2, 0) is 6.54 Å². The molecule has 1 aliphatic heterocycles. The van der Waals surface area contributed by atoms with Crippen molar-refractivity contribution in [2.24, 2.45) is 0 Å². The maximum atomic E-state index is 13.5. The van der Waals surface area contributed by atoms with Crippen molar-refractivity contribution in [2.45, 2.75) is 6.54 Å². The molecular formula is C14H10FNO3. The van der Waals surface area contributed by atoms with Crippen LogP contribution in [0.2, 0.25) is 0 Å². The molecule has 0 fully saturated rings. The first-order chi connectivity index (χ1) is 9.06. The monoisotopic (exact) mass is 259 g/mol. The lowest BCUT2D eigenvalue weighted by Gasteiger charge is -2.09. The number of fused-ring (bicyclic) bond motifs is 3. The number of aromatic hydroxyl groups is 2. The summed E-state index contributed by atoms with van der Waals surface area (Å²) in [6, 6.07) is 6.83. The minimum atomic E-state index is -0.743. The lowest BCUT2D eigenvalue weighted by atomic mass is 9.96. The predicted molar refractivity (Wildman–Crippen MR) is 66.3 cm³/mol. The Hall–Kier alpha value is -2.56. The van der Waals surface area contributed by atoms with E-state index in [4.69, 9.17) is 0 Å². The van der Waals surface area contributed by atoms with Crippen molar-refractivity contribution in [1.82, 2.24) is 5.32 Å². The van der Waals surface area contributed by atoms with Gasteiger partial charge in [0.15, 0.2) is 11.6 Å². The van der Waals surface area contributed by atoms with Gasteiger partial charge in [0.2, 0.25) is 0 Å². The van der Waals surface area contributed by atoms with Gasteiger partial charge in [-0.25, -0.2) is 4.39 Å². The molecule has 0 atom stereocenters. The van der Waals surface area contributed by atoms with Gasteiger partial charge in [0.25, 0.3) is 5.91 Å². The van der Waals surface area contributed by atoms with E-state index in [9.17, 15) is 19.4 Å². The largest absolute Gasteiger partial charge is 0.508 e. The minimum Gasteiger partial charge on any atom is -0.508 e. The van der Waals surface area contributed by atoms with Crippen LogP contribution in [0, 0.1) is 5.82 Å². The van der Waals surface area contributed by atoms with Crippen LogP contribution in [0.25, 0.3) is 11.1 Å². The molecule has 1 heterocycles. The first kappa shape index (κ1) is 11.5. The number of amides is 1. The molecule has 0 saturated carbocycles. The summed E-state index contributed by atoms with van der Waals surface area (Å²) in [5.41, 5.74) is 1.96. The zero-order chi connectivity index (χ0) is 13.6. The summed E-state index contributed by atoms with van der Waals surface area (Å²) in [6.07, 6.45) is 0. The van der Waals surface area contributed by atoms with Crippen LogP contribution in [0.5, 0.6) is 11.5 Å². The molecule has 3 rings (SSSR count). The molecule has 0 bridgehead atoms. The van der Waals surface area contributed by atoms with Crippen LogP contribution in [0.4, 0.5) is 4.39 Å². The van der Waals surface area contributed by atoms with Crippen molar-refractivity contribution >= 4 is 5.91 Å². The molecule has 0 unspecified atom stereocenters. The Bertz CT molecular complexity index is 697. The van der Waals surface area contributed by atoms with E-state index in [1.807, 2.05) is 0 Å². The molecule has 0 spiro atoms. The van der Waals surface area contributed by atoms with Gasteiger partial charge in [-0.2, -0.15) is 0 Å². The van der Waals surface area contributed by atoms with Crippen LogP contribution < -0.4 is 5.32 Å². The Morgan fingerprint density at radius 1 is 1.05 bits per heavy atom. The summed E-state index contributed by atoms with van der Waals surface area (Å²) < 4.78 is 13.5. The summed E-state index contributed by atoms with van der Waals surface area (Å²) in [6.45, 7) is 0.192. The number of nitrogens with one attached hydrogen (secondary N) is 1. The molecule has 1 aliphatic rings. The van der Waals surface area contributed by atoms with Crippen LogP contribution in [0.1, 0.15) is 15.9 Å². The SMILES string of the molecule is O=C1NCc2cc(O)c(F)cc2-c2ccc(O)cc21. The second kappa shape index (κ2) is 3.98. The molecule has 0 saturated heterocycles. The summed E-state index contributed by atoms with van der Waals surface area (Å²) in [5.74, 6) is -1.57. The van der Waals surface area contributed by atoms with Crippen LogP contribution in [0.3, 0.4) is 0 Å². The Balaban J connectivity index is 2.32. The average molecular weight is 259 g/mol. The number of hydrogen-bond donors (Lipinski definition) is 3. The van der Waals surface area contributed by atoms with E-state index < -0.39 is 11.6 Å². The van der Waals surface area contributed by atoms with Gasteiger partial charge in [-0.1, -0.05) is 0 Å². The van der Waals surface area contributed by atoms with E-state index in [0.717, 1.165) is 0 Å². The van der Waals surface area contributed by atoms with Gasteiger partial charge in [0, 0.05) is 6.54 Å². The van der Waals surface area contributed by atoms with E-state index in [2.05, 4.69) is 5.32 Å². The van der Waals surface area contributed by atoms with Crippen LogP contribution in [-0.4, -0.2) is 16.1 Å².